The van der Waals surface area contributed by atoms with E-state index >= 15 is 0 Å². The summed E-state index contributed by atoms with van der Waals surface area (Å²) in [4.78, 5) is 14.1. The largest absolute Gasteiger partial charge is 0.346 e. The highest BCUT2D eigenvalue weighted by molar-refractivity contribution is 5.75. The molecule has 0 saturated heterocycles. The van der Waals surface area contributed by atoms with E-state index in [1.54, 1.807) is 0 Å². The van der Waals surface area contributed by atoms with Crippen LogP contribution in [-0.2, 0) is 11.3 Å². The number of hydrogen-bond donors (Lipinski definition) is 0. The minimum absolute atomic E-state index is 0.199. The Morgan fingerprint density at radius 1 is 1.00 bits per heavy atom. The second-order valence-corrected chi connectivity index (χ2v) is 7.72. The number of rotatable bonds is 13. The fourth-order valence-electron chi connectivity index (χ4n) is 3.06. The zero-order chi connectivity index (χ0) is 19.5. The molecule has 1 aromatic heterocycles. The molecule has 1 rings (SSSR count). The quantitative estimate of drug-likeness (QED) is 0.385. The van der Waals surface area contributed by atoms with Crippen molar-refractivity contribution in [3.05, 3.63) is 35.0 Å². The molecule has 1 amide bonds. The zero-order valence-electron chi connectivity index (χ0n) is 17.2. The van der Waals surface area contributed by atoms with Gasteiger partial charge in [0.15, 0.2) is 0 Å². The van der Waals surface area contributed by atoms with Gasteiger partial charge in [-0.05, 0) is 37.3 Å². The number of carbonyl (C=O) groups is 1. The Hall–Kier alpha value is -1.77. The molecular weight excluding hydrogens is 320 g/mol. The van der Waals surface area contributed by atoms with Crippen LogP contribution in [0.15, 0.2) is 24.3 Å². The van der Waals surface area contributed by atoms with Gasteiger partial charge < -0.3 is 9.47 Å². The van der Waals surface area contributed by atoms with Crippen LogP contribution in [0.5, 0.6) is 0 Å². The first-order chi connectivity index (χ1) is 12.3. The van der Waals surface area contributed by atoms with Crippen LogP contribution in [-0.4, -0.2) is 29.0 Å². The van der Waals surface area contributed by atoms with Crippen molar-refractivity contribution < 1.29 is 4.79 Å². The summed E-state index contributed by atoms with van der Waals surface area (Å²) >= 11 is 0. The van der Waals surface area contributed by atoms with Gasteiger partial charge in [-0.25, -0.2) is 0 Å². The molecular formula is C23H38N2O. The molecule has 0 radical (unpaired) electrons. The third kappa shape index (κ3) is 8.07. The van der Waals surface area contributed by atoms with Crippen molar-refractivity contribution in [1.82, 2.24) is 9.47 Å². The molecule has 0 aliphatic heterocycles. The van der Waals surface area contributed by atoms with Crippen LogP contribution in [0, 0.1) is 5.92 Å². The molecule has 0 aliphatic carbocycles. The van der Waals surface area contributed by atoms with E-state index in [0.717, 1.165) is 23.7 Å². The molecule has 0 atom stereocenters. The highest BCUT2D eigenvalue weighted by Gasteiger charge is 2.08. The minimum Gasteiger partial charge on any atom is -0.346 e. The topological polar surface area (TPSA) is 25.2 Å². The lowest BCUT2D eigenvalue weighted by Gasteiger charge is -2.17. The Morgan fingerprint density at radius 3 is 2.12 bits per heavy atom. The molecule has 146 valence electrons. The Labute approximate surface area is 160 Å². The van der Waals surface area contributed by atoms with Gasteiger partial charge in [-0.15, -0.1) is 0 Å². The molecule has 26 heavy (non-hydrogen) atoms. The van der Waals surface area contributed by atoms with Crippen molar-refractivity contribution in [1.29, 1.82) is 0 Å². The zero-order valence-corrected chi connectivity index (χ0v) is 17.2. The van der Waals surface area contributed by atoms with E-state index in [0.29, 0.717) is 18.9 Å². The number of carbonyl (C=O) groups excluding carboxylic acids is 1. The summed E-state index contributed by atoms with van der Waals surface area (Å²) < 4.78 is 2.00. The van der Waals surface area contributed by atoms with E-state index in [2.05, 4.69) is 33.6 Å². The van der Waals surface area contributed by atoms with Gasteiger partial charge in [-0.3, -0.25) is 4.79 Å². The van der Waals surface area contributed by atoms with Crippen LogP contribution in [0.25, 0.3) is 13.2 Å². The number of hydrogen-bond acceptors (Lipinski definition) is 1. The average Bonchev–Trinajstić information content (AvgIpc) is 2.92. The smallest absolute Gasteiger partial charge is 0.224 e. The van der Waals surface area contributed by atoms with Gasteiger partial charge in [0.1, 0.15) is 0 Å². The Balaban J connectivity index is 2.08. The third-order valence-electron chi connectivity index (χ3n) is 5.19. The number of allylic oxidation sites excluding steroid dienone is 1. The van der Waals surface area contributed by atoms with Gasteiger partial charge >= 0.3 is 0 Å². The van der Waals surface area contributed by atoms with Gasteiger partial charge in [-0.2, -0.15) is 0 Å². The van der Waals surface area contributed by atoms with Crippen LogP contribution >= 0.6 is 0 Å². The molecule has 3 nitrogen and oxygen atoms in total. The number of amides is 1. The molecule has 0 spiro atoms. The monoisotopic (exact) mass is 358 g/mol. The van der Waals surface area contributed by atoms with Crippen LogP contribution in [0.2, 0.25) is 0 Å². The van der Waals surface area contributed by atoms with Crippen molar-refractivity contribution >= 4 is 19.1 Å². The fraction of sp³-hybridized carbons (Fsp3) is 0.609. The van der Waals surface area contributed by atoms with E-state index in [1.807, 2.05) is 28.6 Å². The normalized spacial score (nSPS) is 11.1. The fourth-order valence-corrected chi connectivity index (χ4v) is 3.06. The van der Waals surface area contributed by atoms with Crippen molar-refractivity contribution in [3.8, 4) is 0 Å². The highest BCUT2D eigenvalue weighted by Crippen LogP contribution is 2.16. The van der Waals surface area contributed by atoms with E-state index in [4.69, 9.17) is 0 Å². The molecule has 0 fully saturated rings. The summed E-state index contributed by atoms with van der Waals surface area (Å²) in [6.07, 6.45) is 9.06. The minimum atomic E-state index is 0.199. The lowest BCUT2D eigenvalue weighted by atomic mass is 9.98. The molecule has 0 N–H and O–H groups in total. The predicted molar refractivity (Wildman–Crippen MR) is 113 cm³/mol. The first-order valence-corrected chi connectivity index (χ1v) is 10.1. The average molecular weight is 359 g/mol. The predicted octanol–water partition coefficient (Wildman–Crippen LogP) is 4.10. The Bertz CT molecular complexity index is 629. The van der Waals surface area contributed by atoms with E-state index < -0.39 is 0 Å². The lowest BCUT2D eigenvalue weighted by Crippen LogP contribution is -2.31. The third-order valence-corrected chi connectivity index (χ3v) is 5.19. The molecule has 1 heterocycles. The van der Waals surface area contributed by atoms with Crippen LogP contribution in [0.3, 0.4) is 0 Å². The van der Waals surface area contributed by atoms with Gasteiger partial charge in [0.25, 0.3) is 0 Å². The summed E-state index contributed by atoms with van der Waals surface area (Å²) in [7, 11) is 1.91. The molecule has 1 aromatic rings. The summed E-state index contributed by atoms with van der Waals surface area (Å²) in [5.41, 5.74) is 1.38. The SMILES string of the molecule is C=C(CCCCCCCCN(C)C(=O)CCn1c(=C)ccc1=C)C(C)C. The van der Waals surface area contributed by atoms with E-state index in [-0.39, 0.29) is 5.91 Å². The van der Waals surface area contributed by atoms with Crippen molar-refractivity contribution in [2.45, 2.75) is 71.8 Å². The molecule has 0 aliphatic rings. The summed E-state index contributed by atoms with van der Waals surface area (Å²) in [5.74, 6) is 0.811. The molecule has 0 unspecified atom stereocenters. The standard InChI is InChI=1S/C23H38N2O/c1-19(2)20(3)13-11-9-7-8-10-12-17-24(6)23(26)16-18-25-21(4)14-15-22(25)5/h14-15,19H,3-5,7-13,16-18H2,1-2,6H3. The maximum atomic E-state index is 12.2. The van der Waals surface area contributed by atoms with Crippen molar-refractivity contribution in [2.75, 3.05) is 13.6 Å². The summed E-state index contributed by atoms with van der Waals surface area (Å²) in [6, 6.07) is 3.88. The van der Waals surface area contributed by atoms with Gasteiger partial charge in [0.05, 0.1) is 0 Å². The molecule has 0 aromatic carbocycles. The van der Waals surface area contributed by atoms with Crippen LogP contribution in [0.4, 0.5) is 0 Å². The van der Waals surface area contributed by atoms with Gasteiger partial charge in [-0.1, -0.05) is 64.8 Å². The lowest BCUT2D eigenvalue weighted by molar-refractivity contribution is -0.130. The Morgan fingerprint density at radius 2 is 1.54 bits per heavy atom. The molecule has 0 bridgehead atoms. The van der Waals surface area contributed by atoms with Crippen LogP contribution < -0.4 is 10.7 Å². The first kappa shape index (κ1) is 22.3. The maximum Gasteiger partial charge on any atom is 0.224 e. The van der Waals surface area contributed by atoms with Crippen molar-refractivity contribution in [3.63, 3.8) is 0 Å². The molecule has 0 saturated carbocycles. The maximum absolute atomic E-state index is 12.2. The van der Waals surface area contributed by atoms with Crippen molar-refractivity contribution in [2.24, 2.45) is 5.92 Å². The van der Waals surface area contributed by atoms with Gasteiger partial charge in [0, 0.05) is 37.3 Å². The van der Waals surface area contributed by atoms with Crippen LogP contribution in [0.1, 0.15) is 65.2 Å². The highest BCUT2D eigenvalue weighted by atomic mass is 16.2. The first-order valence-electron chi connectivity index (χ1n) is 10.1. The second-order valence-electron chi connectivity index (χ2n) is 7.72. The number of nitrogens with zero attached hydrogens (tertiary/aromatic N) is 2. The molecule has 3 heteroatoms. The van der Waals surface area contributed by atoms with E-state index in [9.17, 15) is 4.79 Å². The summed E-state index contributed by atoms with van der Waals surface area (Å²) in [5, 5.41) is 1.84. The Kier molecular flexibility index (Phi) is 10.1. The number of aromatic nitrogens is 1. The van der Waals surface area contributed by atoms with E-state index in [1.165, 1.54) is 44.1 Å². The van der Waals surface area contributed by atoms with Gasteiger partial charge in [0.2, 0.25) is 5.91 Å². The second kappa shape index (κ2) is 11.8. The number of unbranched alkanes of at least 4 members (excludes halogenated alkanes) is 5. The summed E-state index contributed by atoms with van der Waals surface area (Å²) in [6.45, 7) is 18.0.